The second kappa shape index (κ2) is 5.17. The van der Waals surface area contributed by atoms with E-state index in [2.05, 4.69) is 22.0 Å². The van der Waals surface area contributed by atoms with Crippen molar-refractivity contribution in [2.45, 2.75) is 12.8 Å². The van der Waals surface area contributed by atoms with Gasteiger partial charge in [-0.1, -0.05) is 52.3 Å². The van der Waals surface area contributed by atoms with E-state index < -0.39 is 0 Å². The van der Waals surface area contributed by atoms with Crippen LogP contribution in [0.4, 0.5) is 5.69 Å². The van der Waals surface area contributed by atoms with Crippen LogP contribution in [0.15, 0.2) is 53.0 Å². The first-order valence-electron chi connectivity index (χ1n) is 6.37. The number of carbonyl (C=O) groups excluding carboxylic acids is 1. The Bertz CT molecular complexity index is 624. The molecular formula is C16H14BrNO. The zero-order valence-corrected chi connectivity index (χ0v) is 12.1. The van der Waals surface area contributed by atoms with Crippen molar-refractivity contribution in [3.05, 3.63) is 64.1 Å². The number of para-hydroxylation sites is 1. The average Bonchev–Trinajstić information content (AvgIpc) is 2.85. The van der Waals surface area contributed by atoms with E-state index in [9.17, 15) is 4.79 Å². The second-order valence-electron chi connectivity index (χ2n) is 4.69. The third-order valence-corrected chi connectivity index (χ3v) is 4.26. The summed E-state index contributed by atoms with van der Waals surface area (Å²) in [4.78, 5) is 14.3. The summed E-state index contributed by atoms with van der Waals surface area (Å²) in [6.07, 6.45) is 1.40. The van der Waals surface area contributed by atoms with Crippen LogP contribution in [-0.4, -0.2) is 12.5 Å². The minimum atomic E-state index is 0.164. The van der Waals surface area contributed by atoms with Crippen LogP contribution in [0.5, 0.6) is 0 Å². The van der Waals surface area contributed by atoms with E-state index in [1.165, 1.54) is 5.56 Å². The maximum absolute atomic E-state index is 12.4. The van der Waals surface area contributed by atoms with Crippen LogP contribution in [0.25, 0.3) is 0 Å². The molecule has 96 valence electrons. The smallest absolute Gasteiger partial charge is 0.231 e. The molecule has 19 heavy (non-hydrogen) atoms. The molecule has 2 aromatic rings. The predicted octanol–water partition coefficient (Wildman–Crippen LogP) is 3.58. The zero-order chi connectivity index (χ0) is 13.2. The van der Waals surface area contributed by atoms with Crippen molar-refractivity contribution in [3.63, 3.8) is 0 Å². The van der Waals surface area contributed by atoms with E-state index in [-0.39, 0.29) is 5.91 Å². The number of benzene rings is 2. The fourth-order valence-electron chi connectivity index (χ4n) is 2.50. The fraction of sp³-hybridized carbons (Fsp3) is 0.188. The molecule has 0 N–H and O–H groups in total. The second-order valence-corrected chi connectivity index (χ2v) is 5.55. The lowest BCUT2D eigenvalue weighted by Crippen LogP contribution is -2.30. The molecule has 1 aliphatic rings. The molecule has 0 aliphatic carbocycles. The van der Waals surface area contributed by atoms with E-state index >= 15 is 0 Å². The van der Waals surface area contributed by atoms with E-state index in [1.807, 2.05) is 47.4 Å². The highest BCUT2D eigenvalue weighted by molar-refractivity contribution is 9.10. The average molecular weight is 316 g/mol. The quantitative estimate of drug-likeness (QED) is 0.829. The molecule has 0 spiro atoms. The van der Waals surface area contributed by atoms with Crippen molar-refractivity contribution in [2.75, 3.05) is 11.4 Å². The molecule has 0 fully saturated rings. The molecule has 0 atom stereocenters. The van der Waals surface area contributed by atoms with E-state index in [1.54, 1.807) is 0 Å². The van der Waals surface area contributed by atoms with Crippen LogP contribution in [0.1, 0.15) is 11.1 Å². The van der Waals surface area contributed by atoms with Gasteiger partial charge in [0.25, 0.3) is 0 Å². The summed E-state index contributed by atoms with van der Waals surface area (Å²) in [5, 5.41) is 0. The molecule has 1 amide bonds. The number of anilines is 1. The first kappa shape index (κ1) is 12.4. The molecule has 0 saturated heterocycles. The van der Waals surface area contributed by atoms with Gasteiger partial charge in [-0.15, -0.1) is 0 Å². The van der Waals surface area contributed by atoms with Crippen molar-refractivity contribution in [1.82, 2.24) is 0 Å². The molecule has 0 radical (unpaired) electrons. The topological polar surface area (TPSA) is 20.3 Å². The van der Waals surface area contributed by atoms with Gasteiger partial charge in [0.1, 0.15) is 0 Å². The number of carbonyl (C=O) groups is 1. The SMILES string of the molecule is O=C(Cc1ccccc1Br)N1CCc2ccccc21. The minimum Gasteiger partial charge on any atom is -0.312 e. The monoisotopic (exact) mass is 315 g/mol. The number of amides is 1. The van der Waals surface area contributed by atoms with E-state index in [0.29, 0.717) is 6.42 Å². The molecule has 0 saturated carbocycles. The van der Waals surface area contributed by atoms with Crippen molar-refractivity contribution < 1.29 is 4.79 Å². The summed E-state index contributed by atoms with van der Waals surface area (Å²) in [6.45, 7) is 0.794. The summed E-state index contributed by atoms with van der Waals surface area (Å²) < 4.78 is 0.996. The minimum absolute atomic E-state index is 0.164. The van der Waals surface area contributed by atoms with Crippen molar-refractivity contribution >= 4 is 27.5 Å². The van der Waals surface area contributed by atoms with Gasteiger partial charge in [0.2, 0.25) is 5.91 Å². The van der Waals surface area contributed by atoms with Crippen LogP contribution in [0.2, 0.25) is 0 Å². The van der Waals surface area contributed by atoms with Crippen LogP contribution >= 0.6 is 15.9 Å². The summed E-state index contributed by atoms with van der Waals surface area (Å²) in [5.41, 5.74) is 3.37. The molecule has 2 nitrogen and oxygen atoms in total. The highest BCUT2D eigenvalue weighted by Crippen LogP contribution is 2.28. The number of fused-ring (bicyclic) bond motifs is 1. The fourth-order valence-corrected chi connectivity index (χ4v) is 2.92. The largest absolute Gasteiger partial charge is 0.312 e. The lowest BCUT2D eigenvalue weighted by atomic mass is 10.1. The molecule has 1 aliphatic heterocycles. The maximum Gasteiger partial charge on any atom is 0.231 e. The van der Waals surface area contributed by atoms with Gasteiger partial charge in [-0.2, -0.15) is 0 Å². The lowest BCUT2D eigenvalue weighted by molar-refractivity contribution is -0.117. The van der Waals surface area contributed by atoms with Gasteiger partial charge in [0, 0.05) is 16.7 Å². The van der Waals surface area contributed by atoms with Gasteiger partial charge in [-0.3, -0.25) is 4.79 Å². The van der Waals surface area contributed by atoms with Crippen molar-refractivity contribution in [3.8, 4) is 0 Å². The lowest BCUT2D eigenvalue weighted by Gasteiger charge is -2.17. The van der Waals surface area contributed by atoms with Crippen LogP contribution in [-0.2, 0) is 17.6 Å². The van der Waals surface area contributed by atoms with Crippen LogP contribution in [0, 0.1) is 0 Å². The maximum atomic E-state index is 12.4. The molecular weight excluding hydrogens is 302 g/mol. The zero-order valence-electron chi connectivity index (χ0n) is 10.5. The number of nitrogens with zero attached hydrogens (tertiary/aromatic N) is 1. The van der Waals surface area contributed by atoms with Crippen LogP contribution in [0.3, 0.4) is 0 Å². The van der Waals surface area contributed by atoms with Gasteiger partial charge in [0.15, 0.2) is 0 Å². The predicted molar refractivity (Wildman–Crippen MR) is 80.3 cm³/mol. The highest BCUT2D eigenvalue weighted by Gasteiger charge is 2.24. The van der Waals surface area contributed by atoms with Gasteiger partial charge in [-0.05, 0) is 29.7 Å². The Labute approximate surface area is 121 Å². The third-order valence-electron chi connectivity index (χ3n) is 3.49. The normalized spacial score (nSPS) is 13.4. The number of rotatable bonds is 2. The Morgan fingerprint density at radius 1 is 1.11 bits per heavy atom. The molecule has 1 heterocycles. The summed E-state index contributed by atoms with van der Waals surface area (Å²) >= 11 is 3.49. The van der Waals surface area contributed by atoms with E-state index in [0.717, 1.165) is 28.7 Å². The number of halogens is 1. The van der Waals surface area contributed by atoms with Gasteiger partial charge in [-0.25, -0.2) is 0 Å². The molecule has 0 bridgehead atoms. The number of hydrogen-bond donors (Lipinski definition) is 0. The Morgan fingerprint density at radius 2 is 1.84 bits per heavy atom. The Balaban J connectivity index is 1.81. The Morgan fingerprint density at radius 3 is 2.68 bits per heavy atom. The molecule has 3 heteroatoms. The van der Waals surface area contributed by atoms with Gasteiger partial charge in [0.05, 0.1) is 6.42 Å². The standard InChI is InChI=1S/C16H14BrNO/c17-14-7-3-1-6-13(14)11-16(19)18-10-9-12-5-2-4-8-15(12)18/h1-8H,9-11H2. The Kier molecular flexibility index (Phi) is 3.38. The van der Waals surface area contributed by atoms with E-state index in [4.69, 9.17) is 0 Å². The summed E-state index contributed by atoms with van der Waals surface area (Å²) in [5.74, 6) is 0.164. The molecule has 3 rings (SSSR count). The highest BCUT2D eigenvalue weighted by atomic mass is 79.9. The molecule has 0 aromatic heterocycles. The summed E-state index contributed by atoms with van der Waals surface area (Å²) in [7, 11) is 0. The molecule has 0 unspecified atom stereocenters. The third kappa shape index (κ3) is 2.43. The Hall–Kier alpha value is -1.61. The van der Waals surface area contributed by atoms with Gasteiger partial charge >= 0.3 is 0 Å². The van der Waals surface area contributed by atoms with Crippen molar-refractivity contribution in [1.29, 1.82) is 0 Å². The van der Waals surface area contributed by atoms with Crippen molar-refractivity contribution in [2.24, 2.45) is 0 Å². The van der Waals surface area contributed by atoms with Crippen LogP contribution < -0.4 is 4.90 Å². The van der Waals surface area contributed by atoms with Gasteiger partial charge < -0.3 is 4.90 Å². The first-order valence-corrected chi connectivity index (χ1v) is 7.16. The number of hydrogen-bond acceptors (Lipinski definition) is 1. The first-order chi connectivity index (χ1) is 9.25. The molecule has 2 aromatic carbocycles. The summed E-state index contributed by atoms with van der Waals surface area (Å²) in [6, 6.07) is 16.0.